The van der Waals surface area contributed by atoms with Gasteiger partial charge in [-0.15, -0.1) is 0 Å². The van der Waals surface area contributed by atoms with Crippen molar-refractivity contribution >= 4 is 16.9 Å². The molecule has 128 valence electrons. The number of ether oxygens (including phenoxy) is 1. The molecule has 0 fully saturated rings. The third kappa shape index (κ3) is 2.60. The Labute approximate surface area is 144 Å². The monoisotopic (exact) mass is 338 g/mol. The van der Waals surface area contributed by atoms with Crippen molar-refractivity contribution in [3.8, 4) is 11.5 Å². The first kappa shape index (κ1) is 15.5. The summed E-state index contributed by atoms with van der Waals surface area (Å²) in [5.41, 5.74) is 3.63. The number of carboxylic acids is 1. The number of fused-ring (bicyclic) bond motifs is 3. The summed E-state index contributed by atoms with van der Waals surface area (Å²) >= 11 is 0. The quantitative estimate of drug-likeness (QED) is 0.589. The number of hydrogen-bond donors (Lipinski definition) is 4. The average Bonchev–Trinajstić information content (AvgIpc) is 2.98. The Bertz CT molecular complexity index is 963. The fourth-order valence-corrected chi connectivity index (χ4v) is 3.51. The minimum absolute atomic E-state index is 0.149. The van der Waals surface area contributed by atoms with Crippen LogP contribution in [-0.2, 0) is 11.2 Å². The van der Waals surface area contributed by atoms with Gasteiger partial charge in [0.2, 0.25) is 0 Å². The van der Waals surface area contributed by atoms with Crippen LogP contribution in [0.2, 0.25) is 0 Å². The fraction of sp³-hybridized carbons (Fsp3) is 0.211. The molecule has 2 atom stereocenters. The van der Waals surface area contributed by atoms with Crippen LogP contribution in [0.25, 0.3) is 10.9 Å². The van der Waals surface area contributed by atoms with E-state index < -0.39 is 12.0 Å². The van der Waals surface area contributed by atoms with Crippen molar-refractivity contribution in [1.29, 1.82) is 0 Å². The lowest BCUT2D eigenvalue weighted by atomic mass is 9.90. The van der Waals surface area contributed by atoms with Gasteiger partial charge in [-0.25, -0.2) is 0 Å². The third-order valence-electron chi connectivity index (χ3n) is 4.71. The number of phenols is 1. The number of aromatic amines is 1. The summed E-state index contributed by atoms with van der Waals surface area (Å²) in [7, 11) is 1.61. The van der Waals surface area contributed by atoms with Gasteiger partial charge < -0.3 is 19.9 Å². The van der Waals surface area contributed by atoms with E-state index in [1.165, 1.54) is 0 Å². The Hall–Kier alpha value is -2.99. The molecule has 6 heteroatoms. The van der Waals surface area contributed by atoms with E-state index in [0.717, 1.165) is 33.5 Å². The first-order valence-electron chi connectivity index (χ1n) is 8.03. The van der Waals surface area contributed by atoms with Gasteiger partial charge in [-0.05, 0) is 41.5 Å². The van der Waals surface area contributed by atoms with Crippen molar-refractivity contribution in [2.45, 2.75) is 18.5 Å². The fourth-order valence-electron chi connectivity index (χ4n) is 3.51. The van der Waals surface area contributed by atoms with E-state index in [4.69, 9.17) is 4.74 Å². The predicted molar refractivity (Wildman–Crippen MR) is 93.1 cm³/mol. The highest BCUT2D eigenvalue weighted by molar-refractivity contribution is 5.88. The first-order valence-corrected chi connectivity index (χ1v) is 8.03. The van der Waals surface area contributed by atoms with Crippen LogP contribution >= 0.6 is 0 Å². The second kappa shape index (κ2) is 5.82. The second-order valence-corrected chi connectivity index (χ2v) is 6.22. The number of benzene rings is 2. The molecule has 0 aliphatic carbocycles. The van der Waals surface area contributed by atoms with E-state index >= 15 is 0 Å². The van der Waals surface area contributed by atoms with Crippen LogP contribution in [-0.4, -0.2) is 34.3 Å². The summed E-state index contributed by atoms with van der Waals surface area (Å²) in [4.78, 5) is 15.0. The number of H-pyrrole nitrogens is 1. The van der Waals surface area contributed by atoms with Gasteiger partial charge in [0.15, 0.2) is 0 Å². The zero-order chi connectivity index (χ0) is 17.6. The molecule has 4 rings (SSSR count). The molecule has 1 aliphatic heterocycles. The van der Waals surface area contributed by atoms with Crippen molar-refractivity contribution < 1.29 is 19.7 Å². The van der Waals surface area contributed by atoms with E-state index in [1.54, 1.807) is 25.3 Å². The molecule has 2 unspecified atom stereocenters. The van der Waals surface area contributed by atoms with Gasteiger partial charge >= 0.3 is 5.97 Å². The molecule has 2 aromatic carbocycles. The SMILES string of the molecule is COc1ccc2[nH]c3c(c2c1)CC(C(=O)O)NC3c1cccc(O)c1. The smallest absolute Gasteiger partial charge is 0.321 e. The second-order valence-electron chi connectivity index (χ2n) is 6.22. The van der Waals surface area contributed by atoms with E-state index in [0.29, 0.717) is 6.42 Å². The maximum absolute atomic E-state index is 11.6. The van der Waals surface area contributed by atoms with E-state index in [2.05, 4.69) is 10.3 Å². The summed E-state index contributed by atoms with van der Waals surface area (Å²) in [6.07, 6.45) is 0.382. The van der Waals surface area contributed by atoms with Gasteiger partial charge in [0.1, 0.15) is 17.5 Å². The Morgan fingerprint density at radius 2 is 2.08 bits per heavy atom. The molecular formula is C19H18N2O4. The summed E-state index contributed by atoms with van der Waals surface area (Å²) in [6, 6.07) is 11.6. The normalized spacial score (nSPS) is 19.6. The van der Waals surface area contributed by atoms with Crippen molar-refractivity contribution in [3.63, 3.8) is 0 Å². The highest BCUT2D eigenvalue weighted by atomic mass is 16.5. The minimum atomic E-state index is -0.895. The standard InChI is InChI=1S/C19H18N2O4/c1-25-12-5-6-15-13(8-12)14-9-16(19(23)24)21-17(18(14)20-15)10-3-2-4-11(22)7-10/h2-8,16-17,20-22H,9H2,1H3,(H,23,24). The van der Waals surface area contributed by atoms with Crippen LogP contribution in [0.1, 0.15) is 22.9 Å². The van der Waals surface area contributed by atoms with Crippen molar-refractivity contribution in [3.05, 3.63) is 59.3 Å². The molecule has 1 aromatic heterocycles. The molecular weight excluding hydrogens is 320 g/mol. The Balaban J connectivity index is 1.91. The van der Waals surface area contributed by atoms with E-state index in [1.807, 2.05) is 24.3 Å². The number of nitrogens with one attached hydrogen (secondary N) is 2. The van der Waals surface area contributed by atoms with Gasteiger partial charge in [0.05, 0.1) is 13.2 Å². The van der Waals surface area contributed by atoms with Crippen LogP contribution in [0.3, 0.4) is 0 Å². The molecule has 0 spiro atoms. The molecule has 1 aliphatic rings. The number of carboxylic acid groups (broad SMARTS) is 1. The zero-order valence-corrected chi connectivity index (χ0v) is 13.6. The van der Waals surface area contributed by atoms with Gasteiger partial charge in [-0.1, -0.05) is 12.1 Å². The average molecular weight is 338 g/mol. The molecule has 0 amide bonds. The lowest BCUT2D eigenvalue weighted by Crippen LogP contribution is -2.44. The van der Waals surface area contributed by atoms with Crippen molar-refractivity contribution in [2.75, 3.05) is 7.11 Å². The number of methoxy groups -OCH3 is 1. The predicted octanol–water partition coefficient (Wildman–Crippen LogP) is 2.57. The van der Waals surface area contributed by atoms with Gasteiger partial charge in [-0.2, -0.15) is 0 Å². The van der Waals surface area contributed by atoms with Gasteiger partial charge in [-0.3, -0.25) is 10.1 Å². The summed E-state index contributed by atoms with van der Waals surface area (Å²) in [5, 5.41) is 23.5. The maximum Gasteiger partial charge on any atom is 0.321 e. The summed E-state index contributed by atoms with van der Waals surface area (Å²) in [5.74, 6) is -0.0160. The minimum Gasteiger partial charge on any atom is -0.508 e. The van der Waals surface area contributed by atoms with E-state index in [9.17, 15) is 15.0 Å². The molecule has 0 saturated heterocycles. The molecule has 6 nitrogen and oxygen atoms in total. The molecule has 0 saturated carbocycles. The number of carbonyl (C=O) groups is 1. The van der Waals surface area contributed by atoms with Crippen molar-refractivity contribution in [2.24, 2.45) is 0 Å². The molecule has 2 heterocycles. The summed E-state index contributed by atoms with van der Waals surface area (Å²) < 4.78 is 5.31. The topological polar surface area (TPSA) is 94.6 Å². The molecule has 25 heavy (non-hydrogen) atoms. The number of hydrogen-bond acceptors (Lipinski definition) is 4. The maximum atomic E-state index is 11.6. The highest BCUT2D eigenvalue weighted by Crippen LogP contribution is 2.37. The Morgan fingerprint density at radius 1 is 1.24 bits per heavy atom. The Kier molecular flexibility index (Phi) is 3.62. The number of aromatic nitrogens is 1. The first-order chi connectivity index (χ1) is 12.1. The van der Waals surface area contributed by atoms with Crippen LogP contribution < -0.4 is 10.1 Å². The zero-order valence-electron chi connectivity index (χ0n) is 13.6. The number of aromatic hydroxyl groups is 1. The van der Waals surface area contributed by atoms with Crippen LogP contribution in [0, 0.1) is 0 Å². The Morgan fingerprint density at radius 3 is 2.80 bits per heavy atom. The van der Waals surface area contributed by atoms with Crippen LogP contribution in [0.5, 0.6) is 11.5 Å². The van der Waals surface area contributed by atoms with Gasteiger partial charge in [0.25, 0.3) is 0 Å². The lowest BCUT2D eigenvalue weighted by Gasteiger charge is -2.29. The highest BCUT2D eigenvalue weighted by Gasteiger charge is 2.34. The van der Waals surface area contributed by atoms with Crippen LogP contribution in [0.15, 0.2) is 42.5 Å². The number of aliphatic carboxylic acids is 1. The molecule has 3 aromatic rings. The lowest BCUT2D eigenvalue weighted by molar-refractivity contribution is -0.139. The number of phenolic OH excluding ortho intramolecular Hbond substituents is 1. The summed E-state index contributed by atoms with van der Waals surface area (Å²) in [6.45, 7) is 0. The van der Waals surface area contributed by atoms with Crippen molar-refractivity contribution in [1.82, 2.24) is 10.3 Å². The molecule has 4 N–H and O–H groups in total. The molecule has 0 bridgehead atoms. The van der Waals surface area contributed by atoms with Gasteiger partial charge in [0, 0.05) is 23.0 Å². The third-order valence-corrected chi connectivity index (χ3v) is 4.71. The number of rotatable bonds is 3. The van der Waals surface area contributed by atoms with Crippen LogP contribution in [0.4, 0.5) is 0 Å². The van der Waals surface area contributed by atoms with E-state index in [-0.39, 0.29) is 11.8 Å². The largest absolute Gasteiger partial charge is 0.508 e. The molecule has 0 radical (unpaired) electrons.